The molecule has 2 aromatic heterocycles. The molecule has 2 aromatic rings. The molecule has 0 radical (unpaired) electrons. The lowest BCUT2D eigenvalue weighted by molar-refractivity contribution is -0.141. The van der Waals surface area contributed by atoms with Gasteiger partial charge in [0.15, 0.2) is 5.82 Å². The van der Waals surface area contributed by atoms with Crippen LogP contribution < -0.4 is 5.32 Å². The van der Waals surface area contributed by atoms with Crippen LogP contribution in [0.4, 0.5) is 17.6 Å². The van der Waals surface area contributed by atoms with Gasteiger partial charge in [-0.2, -0.15) is 18.3 Å². The topological polar surface area (TPSA) is 59.8 Å². The molecule has 1 aliphatic heterocycles. The molecular weight excluding hydrogens is 376 g/mol. The number of rotatable bonds is 3. The van der Waals surface area contributed by atoms with Crippen LogP contribution in [-0.2, 0) is 17.5 Å². The molecule has 1 unspecified atom stereocenters. The van der Waals surface area contributed by atoms with E-state index in [1.165, 1.54) is 12.8 Å². The van der Waals surface area contributed by atoms with Crippen molar-refractivity contribution in [3.05, 3.63) is 35.5 Å². The molecule has 0 saturated heterocycles. The molecule has 1 amide bonds. The van der Waals surface area contributed by atoms with Crippen molar-refractivity contribution in [2.75, 3.05) is 0 Å². The zero-order chi connectivity index (χ0) is 19.7. The number of carbonyl (C=O) groups is 1. The molecule has 28 heavy (non-hydrogen) atoms. The molecule has 1 atom stereocenters. The Balaban J connectivity index is 1.36. The van der Waals surface area contributed by atoms with Gasteiger partial charge in [0.05, 0.1) is 23.6 Å². The monoisotopic (exact) mass is 394 g/mol. The van der Waals surface area contributed by atoms with Gasteiger partial charge in [0.1, 0.15) is 5.69 Å². The highest BCUT2D eigenvalue weighted by molar-refractivity contribution is 5.80. The van der Waals surface area contributed by atoms with Crippen molar-refractivity contribution in [3.63, 3.8) is 0 Å². The van der Waals surface area contributed by atoms with Crippen LogP contribution in [0, 0.1) is 17.2 Å². The van der Waals surface area contributed by atoms with Gasteiger partial charge in [-0.25, -0.2) is 9.37 Å². The van der Waals surface area contributed by atoms with Gasteiger partial charge >= 0.3 is 6.18 Å². The summed E-state index contributed by atoms with van der Waals surface area (Å²) in [5.41, 5.74) is -0.180. The van der Waals surface area contributed by atoms with Gasteiger partial charge in [-0.1, -0.05) is 0 Å². The minimum absolute atomic E-state index is 0.0215. The molecule has 1 spiro atoms. The van der Waals surface area contributed by atoms with E-state index < -0.39 is 17.7 Å². The molecular formula is C19H18F4N4O. The zero-order valence-electron chi connectivity index (χ0n) is 14.9. The number of fused-ring (bicyclic) bond motifs is 1. The summed E-state index contributed by atoms with van der Waals surface area (Å²) < 4.78 is 54.4. The van der Waals surface area contributed by atoms with Gasteiger partial charge in [-0.15, -0.1) is 0 Å². The Hall–Kier alpha value is -2.45. The highest BCUT2D eigenvalue weighted by Gasteiger charge is 2.55. The molecule has 5 rings (SSSR count). The SMILES string of the molecule is O=C(NC1CCn2nc(-c3cc(C(F)(F)F)ncc3F)cc21)C1CC2(CC2)C1. The van der Waals surface area contributed by atoms with Crippen LogP contribution in [0.2, 0.25) is 0 Å². The molecule has 2 aliphatic carbocycles. The standard InChI is InChI=1S/C19H18F4N4O/c20-12-9-24-16(19(21,22)23)5-11(12)14-6-15-13(1-4-27(15)26-14)25-17(28)10-7-18(8-10)2-3-18/h5-6,9-10,13H,1-4,7-8H2,(H,25,28). The summed E-state index contributed by atoms with van der Waals surface area (Å²) in [4.78, 5) is 15.6. The third kappa shape index (κ3) is 2.87. The number of nitrogens with zero attached hydrogens (tertiary/aromatic N) is 3. The van der Waals surface area contributed by atoms with Crippen molar-refractivity contribution in [3.8, 4) is 11.3 Å². The van der Waals surface area contributed by atoms with E-state index in [1.807, 2.05) is 0 Å². The molecule has 5 nitrogen and oxygen atoms in total. The number of aryl methyl sites for hydroxylation is 1. The van der Waals surface area contributed by atoms with E-state index in [2.05, 4.69) is 15.4 Å². The fourth-order valence-corrected chi connectivity index (χ4v) is 4.40. The summed E-state index contributed by atoms with van der Waals surface area (Å²) in [5.74, 6) is -0.798. The van der Waals surface area contributed by atoms with E-state index in [4.69, 9.17) is 0 Å². The van der Waals surface area contributed by atoms with E-state index in [0.29, 0.717) is 36.3 Å². The zero-order valence-corrected chi connectivity index (χ0v) is 14.9. The molecule has 3 heterocycles. The summed E-state index contributed by atoms with van der Waals surface area (Å²) >= 11 is 0. The maximum absolute atomic E-state index is 14.1. The number of amides is 1. The van der Waals surface area contributed by atoms with Gasteiger partial charge in [-0.05, 0) is 49.7 Å². The maximum Gasteiger partial charge on any atom is 0.433 e. The number of nitrogens with one attached hydrogen (secondary N) is 1. The van der Waals surface area contributed by atoms with Gasteiger partial charge in [0.2, 0.25) is 5.91 Å². The van der Waals surface area contributed by atoms with Gasteiger partial charge in [0, 0.05) is 18.0 Å². The first kappa shape index (κ1) is 17.6. The number of carbonyl (C=O) groups excluding carboxylic acids is 1. The van der Waals surface area contributed by atoms with Gasteiger partial charge in [-0.3, -0.25) is 9.48 Å². The third-order valence-corrected chi connectivity index (χ3v) is 6.22. The normalized spacial score (nSPS) is 22.8. The Kier molecular flexibility index (Phi) is 3.64. The Labute approximate surface area is 158 Å². The quantitative estimate of drug-likeness (QED) is 0.805. The first-order valence-electron chi connectivity index (χ1n) is 9.35. The first-order valence-corrected chi connectivity index (χ1v) is 9.35. The molecule has 1 N–H and O–H groups in total. The second kappa shape index (κ2) is 5.78. The summed E-state index contributed by atoms with van der Waals surface area (Å²) in [6.45, 7) is 0.522. The predicted molar refractivity (Wildman–Crippen MR) is 90.3 cm³/mol. The molecule has 148 valence electrons. The largest absolute Gasteiger partial charge is 0.433 e. The highest BCUT2D eigenvalue weighted by atomic mass is 19.4. The Bertz CT molecular complexity index is 955. The lowest BCUT2D eigenvalue weighted by Gasteiger charge is -2.35. The summed E-state index contributed by atoms with van der Waals surface area (Å²) in [7, 11) is 0. The number of hydrogen-bond donors (Lipinski definition) is 1. The van der Waals surface area contributed by atoms with Crippen LogP contribution in [0.15, 0.2) is 18.3 Å². The lowest BCUT2D eigenvalue weighted by atomic mass is 9.71. The van der Waals surface area contributed by atoms with Crippen molar-refractivity contribution in [2.24, 2.45) is 11.3 Å². The number of hydrogen-bond acceptors (Lipinski definition) is 3. The van der Waals surface area contributed by atoms with Crippen LogP contribution >= 0.6 is 0 Å². The van der Waals surface area contributed by atoms with Crippen LogP contribution in [0.3, 0.4) is 0 Å². The predicted octanol–water partition coefficient (Wildman–Crippen LogP) is 3.85. The molecule has 0 bridgehead atoms. The lowest BCUT2D eigenvalue weighted by Crippen LogP contribution is -2.40. The van der Waals surface area contributed by atoms with Crippen LogP contribution in [0.1, 0.15) is 49.5 Å². The van der Waals surface area contributed by atoms with E-state index in [-0.39, 0.29) is 29.1 Å². The molecule has 2 fully saturated rings. The fraction of sp³-hybridized carbons (Fsp3) is 0.526. The number of halogens is 4. The molecule has 2 saturated carbocycles. The van der Waals surface area contributed by atoms with E-state index in [0.717, 1.165) is 12.8 Å². The average molecular weight is 394 g/mol. The van der Waals surface area contributed by atoms with E-state index in [9.17, 15) is 22.4 Å². The van der Waals surface area contributed by atoms with Crippen molar-refractivity contribution in [1.82, 2.24) is 20.1 Å². The summed E-state index contributed by atoms with van der Waals surface area (Å²) in [6.07, 6.45) is 0.882. The van der Waals surface area contributed by atoms with Gasteiger partial charge < -0.3 is 5.32 Å². The van der Waals surface area contributed by atoms with Crippen LogP contribution in [-0.4, -0.2) is 20.7 Å². The number of alkyl halides is 3. The fourth-order valence-electron chi connectivity index (χ4n) is 4.40. The smallest absolute Gasteiger partial charge is 0.347 e. The van der Waals surface area contributed by atoms with Crippen molar-refractivity contribution < 1.29 is 22.4 Å². The second-order valence-electron chi connectivity index (χ2n) is 8.18. The van der Waals surface area contributed by atoms with Crippen LogP contribution in [0.25, 0.3) is 11.3 Å². The van der Waals surface area contributed by atoms with Crippen molar-refractivity contribution in [1.29, 1.82) is 0 Å². The minimum atomic E-state index is -4.66. The first-order chi connectivity index (χ1) is 13.2. The summed E-state index contributed by atoms with van der Waals surface area (Å²) in [5, 5.41) is 7.28. The Morgan fingerprint density at radius 3 is 2.68 bits per heavy atom. The van der Waals surface area contributed by atoms with Crippen molar-refractivity contribution >= 4 is 5.91 Å². The molecule has 0 aromatic carbocycles. The van der Waals surface area contributed by atoms with E-state index in [1.54, 1.807) is 10.7 Å². The summed E-state index contributed by atoms with van der Waals surface area (Å²) in [6, 6.07) is 1.97. The maximum atomic E-state index is 14.1. The second-order valence-corrected chi connectivity index (χ2v) is 8.18. The van der Waals surface area contributed by atoms with E-state index >= 15 is 0 Å². The van der Waals surface area contributed by atoms with Crippen molar-refractivity contribution in [2.45, 2.75) is 50.9 Å². The van der Waals surface area contributed by atoms with Gasteiger partial charge in [0.25, 0.3) is 0 Å². The van der Waals surface area contributed by atoms with Crippen LogP contribution in [0.5, 0.6) is 0 Å². The minimum Gasteiger partial charge on any atom is -0.347 e. The number of aromatic nitrogens is 3. The third-order valence-electron chi connectivity index (χ3n) is 6.22. The Morgan fingerprint density at radius 1 is 1.25 bits per heavy atom. The Morgan fingerprint density at radius 2 is 2.00 bits per heavy atom. The average Bonchev–Trinajstić information content (AvgIpc) is 3.17. The molecule has 3 aliphatic rings. The number of pyridine rings is 1. The molecule has 9 heteroatoms. The highest BCUT2D eigenvalue weighted by Crippen LogP contribution is 2.63.